The Morgan fingerprint density at radius 2 is 1.22 bits per heavy atom. The zero-order chi connectivity index (χ0) is 15.6. The molecule has 0 N–H and O–H groups in total. The summed E-state index contributed by atoms with van der Waals surface area (Å²) in [5.41, 5.74) is 3.00. The van der Waals surface area contributed by atoms with Gasteiger partial charge in [0.2, 0.25) is 0 Å². The van der Waals surface area contributed by atoms with Gasteiger partial charge in [-0.3, -0.25) is 0 Å². The third kappa shape index (κ3) is 2.45. The van der Waals surface area contributed by atoms with Crippen molar-refractivity contribution < 1.29 is 0 Å². The van der Waals surface area contributed by atoms with E-state index >= 15 is 0 Å². The summed E-state index contributed by atoms with van der Waals surface area (Å²) in [6, 6.07) is 28.4. The van der Waals surface area contributed by atoms with Crippen molar-refractivity contribution in [3.63, 3.8) is 0 Å². The Morgan fingerprint density at radius 1 is 0.652 bits per heavy atom. The molecule has 0 aliphatic carbocycles. The van der Waals surface area contributed by atoms with Gasteiger partial charge in [-0.2, -0.15) is 5.10 Å². The van der Waals surface area contributed by atoms with Gasteiger partial charge in [0.1, 0.15) is 4.64 Å². The molecule has 0 aliphatic heterocycles. The Kier molecular flexibility index (Phi) is 3.48. The number of aromatic nitrogens is 2. The van der Waals surface area contributed by atoms with Crippen LogP contribution < -0.4 is 0 Å². The lowest BCUT2D eigenvalue weighted by molar-refractivity contribution is 0.847. The Morgan fingerprint density at radius 3 is 1.91 bits per heavy atom. The van der Waals surface area contributed by atoms with Gasteiger partial charge >= 0.3 is 0 Å². The van der Waals surface area contributed by atoms with Crippen LogP contribution in [0.2, 0.25) is 0 Å². The third-order valence-corrected chi connectivity index (χ3v) is 4.25. The summed E-state index contributed by atoms with van der Waals surface area (Å²) < 4.78 is 2.58. The summed E-state index contributed by atoms with van der Waals surface area (Å²) in [6.07, 6.45) is 0. The number of para-hydroxylation sites is 1. The maximum Gasteiger partial charge on any atom is 0.136 e. The van der Waals surface area contributed by atoms with Crippen LogP contribution >= 0.6 is 12.2 Å². The van der Waals surface area contributed by atoms with E-state index in [0.717, 1.165) is 32.4 Å². The average Bonchev–Trinajstić information content (AvgIpc) is 2.64. The first kappa shape index (κ1) is 13.9. The second-order valence-electron chi connectivity index (χ2n) is 5.31. The van der Waals surface area contributed by atoms with E-state index in [2.05, 4.69) is 24.3 Å². The Hall–Kier alpha value is -2.78. The Bertz CT molecular complexity index is 1020. The topological polar surface area (TPSA) is 17.8 Å². The van der Waals surface area contributed by atoms with E-state index in [1.165, 1.54) is 0 Å². The second kappa shape index (κ2) is 5.78. The molecule has 0 spiro atoms. The SMILES string of the molecule is S=c1c2ccccc2c(-c2ccccc2)nn1-c1ccccc1. The molecule has 0 radical (unpaired) electrons. The summed E-state index contributed by atoms with van der Waals surface area (Å²) in [7, 11) is 0. The standard InChI is InChI=1S/C20H14N2S/c23-20-18-14-8-7-13-17(18)19(15-9-3-1-4-10-15)21-22(20)16-11-5-2-6-12-16/h1-14H. The van der Waals surface area contributed by atoms with Crippen molar-refractivity contribution in [2.75, 3.05) is 0 Å². The number of hydrogen-bond donors (Lipinski definition) is 0. The number of hydrogen-bond acceptors (Lipinski definition) is 2. The smallest absolute Gasteiger partial charge is 0.136 e. The second-order valence-corrected chi connectivity index (χ2v) is 5.70. The van der Waals surface area contributed by atoms with E-state index in [0.29, 0.717) is 0 Å². The molecular weight excluding hydrogens is 300 g/mol. The van der Waals surface area contributed by atoms with Crippen LogP contribution in [0.4, 0.5) is 0 Å². The first-order chi connectivity index (χ1) is 11.3. The molecule has 1 aromatic heterocycles. The molecule has 2 nitrogen and oxygen atoms in total. The fourth-order valence-electron chi connectivity index (χ4n) is 2.74. The molecule has 23 heavy (non-hydrogen) atoms. The van der Waals surface area contributed by atoms with Crippen molar-refractivity contribution >= 4 is 23.0 Å². The lowest BCUT2D eigenvalue weighted by atomic mass is 10.1. The fraction of sp³-hybridized carbons (Fsp3) is 0. The van der Waals surface area contributed by atoms with Crippen LogP contribution in [-0.2, 0) is 0 Å². The summed E-state index contributed by atoms with van der Waals surface area (Å²) in [5, 5.41) is 6.97. The van der Waals surface area contributed by atoms with Crippen LogP contribution in [0.5, 0.6) is 0 Å². The van der Waals surface area contributed by atoms with Crippen LogP contribution in [0.1, 0.15) is 0 Å². The molecule has 3 aromatic carbocycles. The molecule has 0 saturated carbocycles. The highest BCUT2D eigenvalue weighted by Gasteiger charge is 2.10. The van der Waals surface area contributed by atoms with Crippen LogP contribution in [-0.4, -0.2) is 9.78 Å². The van der Waals surface area contributed by atoms with Gasteiger partial charge in [-0.15, -0.1) is 0 Å². The van der Waals surface area contributed by atoms with Gasteiger partial charge in [-0.05, 0) is 12.1 Å². The van der Waals surface area contributed by atoms with E-state index < -0.39 is 0 Å². The number of benzene rings is 3. The van der Waals surface area contributed by atoms with Crippen molar-refractivity contribution in [2.24, 2.45) is 0 Å². The highest BCUT2D eigenvalue weighted by molar-refractivity contribution is 7.71. The summed E-state index contributed by atoms with van der Waals surface area (Å²) in [5.74, 6) is 0. The molecule has 0 saturated heterocycles. The van der Waals surface area contributed by atoms with Crippen molar-refractivity contribution in [3.8, 4) is 16.9 Å². The molecule has 0 amide bonds. The van der Waals surface area contributed by atoms with E-state index in [-0.39, 0.29) is 0 Å². The number of rotatable bonds is 2. The number of nitrogens with zero attached hydrogens (tertiary/aromatic N) is 2. The molecule has 0 aliphatic rings. The van der Waals surface area contributed by atoms with Crippen LogP contribution in [0, 0.1) is 4.64 Å². The zero-order valence-corrected chi connectivity index (χ0v) is 13.2. The predicted molar refractivity (Wildman–Crippen MR) is 97.3 cm³/mol. The zero-order valence-electron chi connectivity index (χ0n) is 12.4. The van der Waals surface area contributed by atoms with Crippen LogP contribution in [0.15, 0.2) is 84.9 Å². The van der Waals surface area contributed by atoms with Gasteiger partial charge in [0.15, 0.2) is 0 Å². The summed E-state index contributed by atoms with van der Waals surface area (Å²) in [6.45, 7) is 0. The summed E-state index contributed by atoms with van der Waals surface area (Å²) in [4.78, 5) is 0. The Balaban J connectivity index is 2.11. The minimum atomic E-state index is 0.728. The molecule has 4 aromatic rings. The first-order valence-electron chi connectivity index (χ1n) is 7.47. The molecule has 4 rings (SSSR count). The minimum absolute atomic E-state index is 0.728. The van der Waals surface area contributed by atoms with Gasteiger partial charge in [-0.25, -0.2) is 4.68 Å². The highest BCUT2D eigenvalue weighted by atomic mass is 32.1. The van der Waals surface area contributed by atoms with E-state index in [1.807, 2.05) is 65.3 Å². The lowest BCUT2D eigenvalue weighted by Crippen LogP contribution is -2.05. The van der Waals surface area contributed by atoms with Crippen molar-refractivity contribution in [1.29, 1.82) is 0 Å². The van der Waals surface area contributed by atoms with Crippen LogP contribution in [0.3, 0.4) is 0 Å². The maximum atomic E-state index is 5.69. The highest BCUT2D eigenvalue weighted by Crippen LogP contribution is 2.28. The Labute approximate surface area is 139 Å². The lowest BCUT2D eigenvalue weighted by Gasteiger charge is -2.12. The third-order valence-electron chi connectivity index (χ3n) is 3.85. The quantitative estimate of drug-likeness (QED) is 0.460. The van der Waals surface area contributed by atoms with E-state index in [4.69, 9.17) is 17.3 Å². The minimum Gasteiger partial charge on any atom is -0.222 e. The van der Waals surface area contributed by atoms with Crippen molar-refractivity contribution in [3.05, 3.63) is 89.6 Å². The monoisotopic (exact) mass is 314 g/mol. The van der Waals surface area contributed by atoms with Gasteiger partial charge in [0.05, 0.1) is 11.4 Å². The summed E-state index contributed by atoms with van der Waals surface area (Å²) >= 11 is 5.69. The van der Waals surface area contributed by atoms with Gasteiger partial charge in [0.25, 0.3) is 0 Å². The largest absolute Gasteiger partial charge is 0.222 e. The normalized spacial score (nSPS) is 10.8. The van der Waals surface area contributed by atoms with Crippen molar-refractivity contribution in [1.82, 2.24) is 9.78 Å². The van der Waals surface area contributed by atoms with Gasteiger partial charge in [0, 0.05) is 16.3 Å². The average molecular weight is 314 g/mol. The molecule has 0 unspecified atom stereocenters. The van der Waals surface area contributed by atoms with Crippen LogP contribution in [0.25, 0.3) is 27.7 Å². The van der Waals surface area contributed by atoms with E-state index in [9.17, 15) is 0 Å². The molecular formula is C20H14N2S. The first-order valence-corrected chi connectivity index (χ1v) is 7.88. The molecule has 0 bridgehead atoms. The van der Waals surface area contributed by atoms with Crippen molar-refractivity contribution in [2.45, 2.75) is 0 Å². The van der Waals surface area contributed by atoms with Gasteiger partial charge < -0.3 is 0 Å². The molecule has 0 atom stereocenters. The molecule has 110 valence electrons. The fourth-order valence-corrected chi connectivity index (χ4v) is 3.07. The predicted octanol–water partition coefficient (Wildman–Crippen LogP) is 5.42. The molecule has 3 heteroatoms. The molecule has 1 heterocycles. The number of fused-ring (bicyclic) bond motifs is 1. The van der Waals surface area contributed by atoms with Gasteiger partial charge in [-0.1, -0.05) is 85.0 Å². The van der Waals surface area contributed by atoms with E-state index in [1.54, 1.807) is 0 Å². The maximum absolute atomic E-state index is 5.69. The molecule has 0 fully saturated rings.